The van der Waals surface area contributed by atoms with Crippen molar-refractivity contribution in [1.29, 1.82) is 0 Å². The van der Waals surface area contributed by atoms with Crippen LogP contribution in [0.2, 0.25) is 0 Å². The molecule has 0 aromatic heterocycles. The van der Waals surface area contributed by atoms with E-state index in [1.807, 2.05) is 0 Å². The molecule has 2 nitrogen and oxygen atoms in total. The molecule has 0 aliphatic carbocycles. The lowest BCUT2D eigenvalue weighted by Gasteiger charge is -2.19. The minimum atomic E-state index is -3.30. The lowest BCUT2D eigenvalue weighted by Crippen LogP contribution is -2.27. The van der Waals surface area contributed by atoms with Crippen molar-refractivity contribution in [3.05, 3.63) is 35.1 Å². The van der Waals surface area contributed by atoms with E-state index in [1.54, 1.807) is 20.8 Å². The standard InChI is InChI=1S/C13H15F3INOS/c1-8(18-20(19)12(2,3)4)9-6-5-7-10(11(9)14)13(15,16)17/h5-7H,1-4H3. The summed E-state index contributed by atoms with van der Waals surface area (Å²) in [4.78, 5) is 0. The molecule has 0 saturated carbocycles. The summed E-state index contributed by atoms with van der Waals surface area (Å²) in [7, 11) is 0. The van der Waals surface area contributed by atoms with Crippen molar-refractivity contribution >= 4 is 39.7 Å². The molecule has 1 rings (SSSR count). The van der Waals surface area contributed by atoms with E-state index >= 15 is 0 Å². The first-order chi connectivity index (χ1) is 8.94. The van der Waals surface area contributed by atoms with Gasteiger partial charge in [0.15, 0.2) is 0 Å². The van der Waals surface area contributed by atoms with E-state index in [4.69, 9.17) is 0 Å². The topological polar surface area (TPSA) is 35.4 Å². The number of nitrogens with zero attached hydrogens (tertiary/aromatic N) is 1. The van der Waals surface area contributed by atoms with Crippen LogP contribution in [0.3, 0.4) is 0 Å². The molecule has 0 fully saturated rings. The zero-order valence-corrected chi connectivity index (χ0v) is 14.5. The molecule has 0 amide bonds. The predicted octanol–water partition coefficient (Wildman–Crippen LogP) is 4.58. The van der Waals surface area contributed by atoms with Gasteiger partial charge in [-0.25, -0.2) is 4.39 Å². The summed E-state index contributed by atoms with van der Waals surface area (Å²) in [5.74, 6) is -1.03. The third kappa shape index (κ3) is 4.36. The molecule has 20 heavy (non-hydrogen) atoms. The van der Waals surface area contributed by atoms with Crippen molar-refractivity contribution < 1.29 is 17.7 Å². The molecular weight excluding hydrogens is 402 g/mol. The lowest BCUT2D eigenvalue weighted by molar-refractivity contribution is 0.122. The van der Waals surface area contributed by atoms with Crippen molar-refractivity contribution in [3.8, 4) is 0 Å². The van der Waals surface area contributed by atoms with Gasteiger partial charge in [0.2, 0.25) is 0 Å². The predicted molar refractivity (Wildman–Crippen MR) is 84.4 cm³/mol. The largest absolute Gasteiger partial charge is 0.591 e. The third-order valence-corrected chi connectivity index (χ3v) is 4.51. The van der Waals surface area contributed by atoms with Crippen LogP contribution in [-0.4, -0.2) is 15.0 Å². The van der Waals surface area contributed by atoms with Crippen LogP contribution in [0.5, 0.6) is 0 Å². The molecule has 1 atom stereocenters. The van der Waals surface area contributed by atoms with Crippen LogP contribution in [0.4, 0.5) is 13.2 Å². The van der Waals surface area contributed by atoms with Gasteiger partial charge >= 0.3 is 3.93 Å². The van der Waals surface area contributed by atoms with E-state index in [2.05, 4.69) is 4.40 Å². The first-order valence-corrected chi connectivity index (χ1v) is 7.96. The van der Waals surface area contributed by atoms with Crippen molar-refractivity contribution in [2.45, 2.75) is 36.4 Å². The van der Waals surface area contributed by atoms with E-state index in [1.165, 1.54) is 19.1 Å². The first-order valence-electron chi connectivity index (χ1n) is 5.78. The highest BCUT2D eigenvalue weighted by molar-refractivity contribution is 14.1. The van der Waals surface area contributed by atoms with Gasteiger partial charge in [0, 0.05) is 28.2 Å². The molecule has 0 N–H and O–H groups in total. The Morgan fingerprint density at radius 2 is 1.85 bits per heavy atom. The summed E-state index contributed by atoms with van der Waals surface area (Å²) in [6, 6.07) is 3.71. The summed E-state index contributed by atoms with van der Waals surface area (Å²) < 4.78 is 52.5. The Labute approximate surface area is 133 Å². The molecule has 0 radical (unpaired) electrons. The third-order valence-electron chi connectivity index (χ3n) is 2.44. The Kier molecular flexibility index (Phi) is 5.53. The minimum absolute atomic E-state index is 0.0589. The number of hydrogen-bond donors (Lipinski definition) is 0. The van der Waals surface area contributed by atoms with E-state index in [-0.39, 0.29) is 11.3 Å². The van der Waals surface area contributed by atoms with Gasteiger partial charge in [0.05, 0.1) is 11.3 Å². The molecule has 0 bridgehead atoms. The lowest BCUT2D eigenvalue weighted by atomic mass is 10.1. The molecule has 0 aliphatic rings. The van der Waals surface area contributed by atoms with E-state index in [0.29, 0.717) is 0 Å². The fourth-order valence-corrected chi connectivity index (χ4v) is 2.38. The molecule has 0 saturated heterocycles. The second kappa shape index (κ2) is 6.23. The fourth-order valence-electron chi connectivity index (χ4n) is 1.34. The van der Waals surface area contributed by atoms with Crippen molar-refractivity contribution in [2.24, 2.45) is 4.40 Å². The number of halogens is 4. The Balaban J connectivity index is 3.25. The normalized spacial score (nSPS) is 15.3. The Morgan fingerprint density at radius 1 is 1.30 bits per heavy atom. The second-order valence-corrected chi connectivity index (χ2v) is 8.46. The van der Waals surface area contributed by atoms with Gasteiger partial charge in [0.1, 0.15) is 21.9 Å². The molecular formula is C13H15F3INOS. The fraction of sp³-hybridized carbons (Fsp3) is 0.462. The molecule has 0 aliphatic heterocycles. The Hall–Kier alpha value is -0.280. The van der Waals surface area contributed by atoms with Crippen LogP contribution in [0.1, 0.15) is 38.8 Å². The molecule has 0 spiro atoms. The highest BCUT2D eigenvalue weighted by Crippen LogP contribution is 2.37. The monoisotopic (exact) mass is 417 g/mol. The van der Waals surface area contributed by atoms with Crippen LogP contribution >= 0.6 is 22.6 Å². The van der Waals surface area contributed by atoms with Gasteiger partial charge in [-0.2, -0.15) is 8.78 Å². The van der Waals surface area contributed by atoms with Crippen LogP contribution in [0.15, 0.2) is 22.6 Å². The number of rotatable bonds is 3. The van der Waals surface area contributed by atoms with Crippen LogP contribution < -0.4 is 0 Å². The average Bonchev–Trinajstić information content (AvgIpc) is 2.26. The van der Waals surface area contributed by atoms with E-state index < -0.39 is 31.4 Å². The van der Waals surface area contributed by atoms with Gasteiger partial charge in [-0.05, 0) is 33.8 Å². The highest BCUT2D eigenvalue weighted by Gasteiger charge is 2.32. The van der Waals surface area contributed by atoms with Gasteiger partial charge in [-0.3, -0.25) is 0 Å². The molecule has 1 unspecified atom stereocenters. The number of benzene rings is 1. The van der Waals surface area contributed by atoms with Gasteiger partial charge < -0.3 is 4.55 Å². The zero-order valence-electron chi connectivity index (χ0n) is 11.5. The SMILES string of the molecule is CC(=N[S+]([O-])C(C)(C)C)c1cccc(C(F)(F)I)c1F. The van der Waals surface area contributed by atoms with Crippen LogP contribution in [0.25, 0.3) is 0 Å². The molecule has 0 heterocycles. The molecule has 1 aromatic carbocycles. The summed E-state index contributed by atoms with van der Waals surface area (Å²) >= 11 is -0.699. The van der Waals surface area contributed by atoms with Gasteiger partial charge in [0.25, 0.3) is 0 Å². The van der Waals surface area contributed by atoms with E-state index in [0.717, 1.165) is 28.7 Å². The van der Waals surface area contributed by atoms with Crippen molar-refractivity contribution in [3.63, 3.8) is 0 Å². The maximum Gasteiger partial charge on any atom is 0.324 e. The van der Waals surface area contributed by atoms with Crippen molar-refractivity contribution in [1.82, 2.24) is 0 Å². The average molecular weight is 417 g/mol. The summed E-state index contributed by atoms with van der Waals surface area (Å²) in [6.45, 7) is 6.64. The highest BCUT2D eigenvalue weighted by atomic mass is 127. The quantitative estimate of drug-likeness (QED) is 0.307. The summed E-state index contributed by atoms with van der Waals surface area (Å²) in [5.41, 5.74) is -0.624. The Morgan fingerprint density at radius 3 is 2.30 bits per heavy atom. The van der Waals surface area contributed by atoms with Crippen molar-refractivity contribution in [2.75, 3.05) is 0 Å². The first kappa shape index (κ1) is 17.8. The maximum atomic E-state index is 14.1. The number of alkyl halides is 3. The Bertz CT molecular complexity index is 523. The zero-order chi connectivity index (χ0) is 15.7. The van der Waals surface area contributed by atoms with Crippen LogP contribution in [0, 0.1) is 5.82 Å². The smallest absolute Gasteiger partial charge is 0.324 e. The van der Waals surface area contributed by atoms with Gasteiger partial charge in [-0.1, -0.05) is 16.5 Å². The summed E-state index contributed by atoms with van der Waals surface area (Å²) in [6.07, 6.45) is 0. The van der Waals surface area contributed by atoms with E-state index in [9.17, 15) is 17.7 Å². The minimum Gasteiger partial charge on any atom is -0.591 e. The van der Waals surface area contributed by atoms with Gasteiger partial charge in [-0.15, -0.1) is 0 Å². The molecule has 7 heteroatoms. The number of hydrogen-bond acceptors (Lipinski definition) is 2. The molecule has 112 valence electrons. The summed E-state index contributed by atoms with van der Waals surface area (Å²) in [5, 5.41) is 0. The maximum absolute atomic E-state index is 14.1. The molecule has 1 aromatic rings. The second-order valence-electron chi connectivity index (χ2n) is 5.20. The van der Waals surface area contributed by atoms with Crippen LogP contribution in [-0.2, 0) is 15.3 Å².